The normalized spacial score (nSPS) is 10.7. The SMILES string of the molecule is CC(C)Oc1ccc(CNC(=O)Cc2cnn(-c3ccccc3)c2)cc1. The number of carbonyl (C=O) groups excluding carboxylic acids is 1. The Balaban J connectivity index is 1.51. The molecule has 0 radical (unpaired) electrons. The van der Waals surface area contributed by atoms with Crippen LogP contribution in [-0.2, 0) is 17.8 Å². The van der Waals surface area contributed by atoms with Crippen LogP contribution in [0, 0.1) is 0 Å². The van der Waals surface area contributed by atoms with E-state index in [2.05, 4.69) is 10.4 Å². The van der Waals surface area contributed by atoms with E-state index >= 15 is 0 Å². The molecular formula is C21H23N3O2. The molecule has 1 heterocycles. The summed E-state index contributed by atoms with van der Waals surface area (Å²) in [7, 11) is 0. The topological polar surface area (TPSA) is 56.1 Å². The largest absolute Gasteiger partial charge is 0.491 e. The van der Waals surface area contributed by atoms with Gasteiger partial charge in [-0.05, 0) is 49.2 Å². The van der Waals surface area contributed by atoms with E-state index in [4.69, 9.17) is 4.74 Å². The number of rotatable bonds is 7. The number of ether oxygens (including phenoxy) is 1. The predicted octanol–water partition coefficient (Wildman–Crippen LogP) is 3.52. The van der Waals surface area contributed by atoms with E-state index in [0.717, 1.165) is 22.6 Å². The first-order valence-electron chi connectivity index (χ1n) is 8.71. The number of amides is 1. The van der Waals surface area contributed by atoms with Crippen LogP contribution in [0.5, 0.6) is 5.75 Å². The number of para-hydroxylation sites is 1. The van der Waals surface area contributed by atoms with Crippen LogP contribution in [0.15, 0.2) is 67.0 Å². The molecule has 3 aromatic rings. The maximum atomic E-state index is 12.2. The van der Waals surface area contributed by atoms with Crippen LogP contribution in [0.3, 0.4) is 0 Å². The monoisotopic (exact) mass is 349 g/mol. The van der Waals surface area contributed by atoms with Crippen molar-refractivity contribution < 1.29 is 9.53 Å². The minimum absolute atomic E-state index is 0.0277. The summed E-state index contributed by atoms with van der Waals surface area (Å²) in [6, 6.07) is 17.6. The van der Waals surface area contributed by atoms with Gasteiger partial charge >= 0.3 is 0 Å². The van der Waals surface area contributed by atoms with Gasteiger partial charge in [0.05, 0.1) is 24.4 Å². The molecule has 0 aliphatic rings. The van der Waals surface area contributed by atoms with E-state index in [0.29, 0.717) is 13.0 Å². The van der Waals surface area contributed by atoms with Crippen molar-refractivity contribution in [3.05, 3.63) is 78.1 Å². The Bertz CT molecular complexity index is 839. The summed E-state index contributed by atoms with van der Waals surface area (Å²) in [6.07, 6.45) is 4.07. The molecule has 1 N–H and O–H groups in total. The second kappa shape index (κ2) is 8.34. The van der Waals surface area contributed by atoms with Gasteiger partial charge < -0.3 is 10.1 Å². The summed E-state index contributed by atoms with van der Waals surface area (Å²) in [5, 5.41) is 7.25. The van der Waals surface area contributed by atoms with Crippen molar-refractivity contribution in [1.82, 2.24) is 15.1 Å². The number of carbonyl (C=O) groups is 1. The lowest BCUT2D eigenvalue weighted by Gasteiger charge is -2.10. The molecule has 0 fully saturated rings. The molecule has 26 heavy (non-hydrogen) atoms. The fourth-order valence-electron chi connectivity index (χ4n) is 2.58. The molecule has 0 aliphatic carbocycles. The maximum Gasteiger partial charge on any atom is 0.224 e. The van der Waals surface area contributed by atoms with Gasteiger partial charge in [0, 0.05) is 12.7 Å². The smallest absolute Gasteiger partial charge is 0.224 e. The lowest BCUT2D eigenvalue weighted by atomic mass is 10.2. The van der Waals surface area contributed by atoms with Gasteiger partial charge in [-0.1, -0.05) is 30.3 Å². The Morgan fingerprint density at radius 1 is 1.08 bits per heavy atom. The highest BCUT2D eigenvalue weighted by Gasteiger charge is 2.07. The molecular weight excluding hydrogens is 326 g/mol. The first-order chi connectivity index (χ1) is 12.6. The molecule has 0 unspecified atom stereocenters. The molecule has 0 bridgehead atoms. The molecule has 2 aromatic carbocycles. The molecule has 0 atom stereocenters. The molecule has 5 heteroatoms. The quantitative estimate of drug-likeness (QED) is 0.710. The Labute approximate surface area is 153 Å². The van der Waals surface area contributed by atoms with Gasteiger partial charge in [-0.25, -0.2) is 4.68 Å². The van der Waals surface area contributed by atoms with E-state index in [-0.39, 0.29) is 12.0 Å². The van der Waals surface area contributed by atoms with E-state index < -0.39 is 0 Å². The van der Waals surface area contributed by atoms with Crippen LogP contribution in [-0.4, -0.2) is 21.8 Å². The summed E-state index contributed by atoms with van der Waals surface area (Å²) in [4.78, 5) is 12.2. The van der Waals surface area contributed by atoms with Crippen molar-refractivity contribution >= 4 is 5.91 Å². The number of hydrogen-bond acceptors (Lipinski definition) is 3. The zero-order valence-corrected chi connectivity index (χ0v) is 15.1. The fourth-order valence-corrected chi connectivity index (χ4v) is 2.58. The van der Waals surface area contributed by atoms with Gasteiger partial charge in [0.15, 0.2) is 0 Å². The number of nitrogens with one attached hydrogen (secondary N) is 1. The highest BCUT2D eigenvalue weighted by Crippen LogP contribution is 2.14. The number of nitrogens with zero attached hydrogens (tertiary/aromatic N) is 2. The van der Waals surface area contributed by atoms with Crippen molar-refractivity contribution in [2.75, 3.05) is 0 Å². The minimum Gasteiger partial charge on any atom is -0.491 e. The summed E-state index contributed by atoms with van der Waals surface area (Å²) in [5.74, 6) is 0.809. The second-order valence-electron chi connectivity index (χ2n) is 6.39. The van der Waals surface area contributed by atoms with Gasteiger partial charge in [0.2, 0.25) is 5.91 Å². The number of benzene rings is 2. The molecule has 0 saturated carbocycles. The van der Waals surface area contributed by atoms with Crippen LogP contribution in [0.4, 0.5) is 0 Å². The Morgan fingerprint density at radius 2 is 1.81 bits per heavy atom. The molecule has 0 aliphatic heterocycles. The highest BCUT2D eigenvalue weighted by atomic mass is 16.5. The van der Waals surface area contributed by atoms with Gasteiger partial charge in [-0.2, -0.15) is 5.10 Å². The van der Waals surface area contributed by atoms with Gasteiger partial charge in [0.1, 0.15) is 5.75 Å². The zero-order valence-electron chi connectivity index (χ0n) is 15.1. The van der Waals surface area contributed by atoms with Crippen molar-refractivity contribution in [3.8, 4) is 11.4 Å². The Morgan fingerprint density at radius 3 is 2.50 bits per heavy atom. The van der Waals surface area contributed by atoms with E-state index in [1.54, 1.807) is 10.9 Å². The third kappa shape index (κ3) is 4.96. The van der Waals surface area contributed by atoms with Crippen molar-refractivity contribution in [1.29, 1.82) is 0 Å². The molecule has 1 amide bonds. The van der Waals surface area contributed by atoms with Crippen LogP contribution in [0.2, 0.25) is 0 Å². The lowest BCUT2D eigenvalue weighted by Crippen LogP contribution is -2.24. The minimum atomic E-state index is -0.0277. The standard InChI is InChI=1S/C21H23N3O2/c1-16(2)26-20-10-8-17(9-11-20)13-22-21(25)12-18-14-23-24(15-18)19-6-4-3-5-7-19/h3-11,14-16H,12-13H2,1-2H3,(H,22,25). The van der Waals surface area contributed by atoms with Gasteiger partial charge in [-0.3, -0.25) is 4.79 Å². The Kier molecular flexibility index (Phi) is 5.69. The van der Waals surface area contributed by atoms with Crippen LogP contribution in [0.1, 0.15) is 25.0 Å². The summed E-state index contributed by atoms with van der Waals surface area (Å²) < 4.78 is 7.39. The third-order valence-corrected chi connectivity index (χ3v) is 3.81. The van der Waals surface area contributed by atoms with Crippen LogP contribution < -0.4 is 10.1 Å². The second-order valence-corrected chi connectivity index (χ2v) is 6.39. The molecule has 5 nitrogen and oxygen atoms in total. The number of hydrogen-bond donors (Lipinski definition) is 1. The highest BCUT2D eigenvalue weighted by molar-refractivity contribution is 5.78. The fraction of sp³-hybridized carbons (Fsp3) is 0.238. The first kappa shape index (κ1) is 17.7. The third-order valence-electron chi connectivity index (χ3n) is 3.81. The van der Waals surface area contributed by atoms with Crippen molar-refractivity contribution in [2.24, 2.45) is 0 Å². The van der Waals surface area contributed by atoms with Crippen molar-refractivity contribution in [3.63, 3.8) is 0 Å². The van der Waals surface area contributed by atoms with E-state index in [1.165, 1.54) is 0 Å². The molecule has 0 saturated heterocycles. The maximum absolute atomic E-state index is 12.2. The summed E-state index contributed by atoms with van der Waals surface area (Å²) >= 11 is 0. The molecule has 134 valence electrons. The van der Waals surface area contributed by atoms with E-state index in [9.17, 15) is 4.79 Å². The predicted molar refractivity (Wildman–Crippen MR) is 101 cm³/mol. The molecule has 0 spiro atoms. The average molecular weight is 349 g/mol. The van der Waals surface area contributed by atoms with Crippen molar-refractivity contribution in [2.45, 2.75) is 32.9 Å². The number of aromatic nitrogens is 2. The lowest BCUT2D eigenvalue weighted by molar-refractivity contribution is -0.120. The summed E-state index contributed by atoms with van der Waals surface area (Å²) in [5.41, 5.74) is 2.89. The first-order valence-corrected chi connectivity index (χ1v) is 8.71. The van der Waals surface area contributed by atoms with E-state index in [1.807, 2.05) is 74.6 Å². The van der Waals surface area contributed by atoms with Crippen LogP contribution >= 0.6 is 0 Å². The average Bonchev–Trinajstić information content (AvgIpc) is 3.10. The molecule has 1 aromatic heterocycles. The molecule has 3 rings (SSSR count). The van der Waals surface area contributed by atoms with Gasteiger partial charge in [-0.15, -0.1) is 0 Å². The van der Waals surface area contributed by atoms with Crippen LogP contribution in [0.25, 0.3) is 5.69 Å². The summed E-state index contributed by atoms with van der Waals surface area (Å²) in [6.45, 7) is 4.48. The van der Waals surface area contributed by atoms with Gasteiger partial charge in [0.25, 0.3) is 0 Å². The Hall–Kier alpha value is -3.08. The zero-order chi connectivity index (χ0) is 18.4.